The number of aromatic carboxylic acids is 1. The highest BCUT2D eigenvalue weighted by atomic mass is 19.4. The third-order valence-electron chi connectivity index (χ3n) is 6.91. The third-order valence-corrected chi connectivity index (χ3v) is 6.91. The van der Waals surface area contributed by atoms with Crippen molar-refractivity contribution in [1.82, 2.24) is 10.2 Å². The van der Waals surface area contributed by atoms with E-state index in [1.54, 1.807) is 19.1 Å². The SMILES string of the molecule is Cc1cc(OC2CCC(NC(=O)[C@H]3CCCN3C(=O)Nc3ccc(OC(F)(F)F)cc3)CC2)ccc1C(=O)O. The summed E-state index contributed by atoms with van der Waals surface area (Å²) in [5.41, 5.74) is 1.14. The van der Waals surface area contributed by atoms with E-state index in [1.165, 1.54) is 23.1 Å². The first kappa shape index (κ1) is 28.1. The first-order chi connectivity index (χ1) is 18.5. The first-order valence-corrected chi connectivity index (χ1v) is 12.7. The van der Waals surface area contributed by atoms with Crippen LogP contribution in [0.2, 0.25) is 0 Å². The number of amides is 3. The lowest BCUT2D eigenvalue weighted by Gasteiger charge is -2.31. The highest BCUT2D eigenvalue weighted by Crippen LogP contribution is 2.27. The van der Waals surface area contributed by atoms with Crippen molar-refractivity contribution in [1.29, 1.82) is 0 Å². The van der Waals surface area contributed by atoms with E-state index >= 15 is 0 Å². The molecule has 1 aliphatic heterocycles. The Hall–Kier alpha value is -3.96. The molecule has 0 aromatic heterocycles. The lowest BCUT2D eigenvalue weighted by Crippen LogP contribution is -2.50. The standard InChI is InChI=1S/C27H30F3N3O6/c1-16-15-21(12-13-22(16)25(35)36)38-19-8-4-17(5-9-19)31-24(34)23-3-2-14-33(23)26(37)32-18-6-10-20(11-7-18)39-27(28,29)30/h6-7,10-13,15,17,19,23H,2-5,8-9,14H2,1H3,(H,31,34)(H,32,37)(H,35,36)/t17?,19?,23-/m1/s1. The van der Waals surface area contributed by atoms with Crippen LogP contribution in [0.5, 0.6) is 11.5 Å². The molecular weight excluding hydrogens is 519 g/mol. The number of rotatable bonds is 7. The Balaban J connectivity index is 1.25. The number of benzene rings is 2. The highest BCUT2D eigenvalue weighted by Gasteiger charge is 2.36. The summed E-state index contributed by atoms with van der Waals surface area (Å²) in [5, 5.41) is 14.8. The number of urea groups is 1. The number of alkyl halides is 3. The second kappa shape index (κ2) is 11.8. The number of hydrogen-bond acceptors (Lipinski definition) is 5. The lowest BCUT2D eigenvalue weighted by atomic mass is 9.92. The smallest absolute Gasteiger partial charge is 0.490 e. The van der Waals surface area contributed by atoms with Gasteiger partial charge < -0.3 is 30.1 Å². The number of nitrogens with one attached hydrogen (secondary N) is 2. The number of halogens is 3. The van der Waals surface area contributed by atoms with E-state index in [9.17, 15) is 32.7 Å². The summed E-state index contributed by atoms with van der Waals surface area (Å²) in [7, 11) is 0. The third kappa shape index (κ3) is 7.55. The van der Waals surface area contributed by atoms with E-state index in [1.807, 2.05) is 0 Å². The number of hydrogen-bond donors (Lipinski definition) is 3. The second-order valence-electron chi connectivity index (χ2n) is 9.74. The molecule has 2 fully saturated rings. The van der Waals surface area contributed by atoms with Crippen molar-refractivity contribution in [2.45, 2.75) is 70.0 Å². The lowest BCUT2D eigenvalue weighted by molar-refractivity contribution is -0.274. The molecule has 2 aromatic carbocycles. The van der Waals surface area contributed by atoms with Gasteiger partial charge in [-0.25, -0.2) is 9.59 Å². The van der Waals surface area contributed by atoms with Crippen LogP contribution < -0.4 is 20.1 Å². The number of anilines is 1. The van der Waals surface area contributed by atoms with Gasteiger partial charge in [-0.15, -0.1) is 13.2 Å². The second-order valence-corrected chi connectivity index (χ2v) is 9.74. The number of carboxylic acids is 1. The summed E-state index contributed by atoms with van der Waals surface area (Å²) >= 11 is 0. The Kier molecular flexibility index (Phi) is 8.51. The average Bonchev–Trinajstić information content (AvgIpc) is 3.36. The van der Waals surface area contributed by atoms with Crippen LogP contribution >= 0.6 is 0 Å². The first-order valence-electron chi connectivity index (χ1n) is 12.7. The van der Waals surface area contributed by atoms with Gasteiger partial charge in [0.2, 0.25) is 5.91 Å². The number of likely N-dealkylation sites (tertiary alicyclic amines) is 1. The Morgan fingerprint density at radius 3 is 2.26 bits per heavy atom. The van der Waals surface area contributed by atoms with Crippen molar-refractivity contribution >= 4 is 23.6 Å². The molecule has 4 rings (SSSR count). The molecule has 1 saturated heterocycles. The molecule has 0 radical (unpaired) electrons. The van der Waals surface area contributed by atoms with Crippen LogP contribution in [0.3, 0.4) is 0 Å². The number of ether oxygens (including phenoxy) is 2. The van der Waals surface area contributed by atoms with Gasteiger partial charge in [-0.3, -0.25) is 4.79 Å². The Morgan fingerprint density at radius 1 is 0.974 bits per heavy atom. The van der Waals surface area contributed by atoms with Gasteiger partial charge in [0.15, 0.2) is 0 Å². The van der Waals surface area contributed by atoms with Crippen LogP contribution in [0.1, 0.15) is 54.4 Å². The molecule has 39 heavy (non-hydrogen) atoms. The number of carbonyl (C=O) groups excluding carboxylic acids is 2. The van der Waals surface area contributed by atoms with Gasteiger partial charge in [0.1, 0.15) is 17.5 Å². The summed E-state index contributed by atoms with van der Waals surface area (Å²) < 4.78 is 46.9. The van der Waals surface area contributed by atoms with Crippen molar-refractivity contribution in [2.24, 2.45) is 0 Å². The molecule has 2 aliphatic rings. The summed E-state index contributed by atoms with van der Waals surface area (Å²) in [6.07, 6.45) is -0.841. The van der Waals surface area contributed by atoms with E-state index in [0.29, 0.717) is 56.4 Å². The largest absolute Gasteiger partial charge is 0.573 e. The summed E-state index contributed by atoms with van der Waals surface area (Å²) in [6, 6.07) is 8.49. The zero-order valence-corrected chi connectivity index (χ0v) is 21.3. The van der Waals surface area contributed by atoms with E-state index < -0.39 is 30.2 Å². The molecule has 9 nitrogen and oxygen atoms in total. The Bertz CT molecular complexity index is 1200. The van der Waals surface area contributed by atoms with Gasteiger partial charge in [0, 0.05) is 18.3 Å². The fourth-order valence-electron chi connectivity index (χ4n) is 4.98. The average molecular weight is 550 g/mol. The van der Waals surface area contributed by atoms with Crippen molar-refractivity contribution in [3.8, 4) is 11.5 Å². The summed E-state index contributed by atoms with van der Waals surface area (Å²) in [5.74, 6) is -1.01. The summed E-state index contributed by atoms with van der Waals surface area (Å²) in [4.78, 5) is 38.5. The topological polar surface area (TPSA) is 117 Å². The maximum Gasteiger partial charge on any atom is 0.573 e. The Morgan fingerprint density at radius 2 is 1.64 bits per heavy atom. The van der Waals surface area contributed by atoms with Crippen molar-refractivity contribution < 1.29 is 42.1 Å². The van der Waals surface area contributed by atoms with Crippen LogP contribution in [-0.4, -0.2) is 59.0 Å². The van der Waals surface area contributed by atoms with Gasteiger partial charge in [0.25, 0.3) is 0 Å². The molecule has 3 N–H and O–H groups in total. The predicted molar refractivity (Wildman–Crippen MR) is 135 cm³/mol. The van der Waals surface area contributed by atoms with Gasteiger partial charge in [-0.05, 0) is 93.5 Å². The fourth-order valence-corrected chi connectivity index (χ4v) is 4.98. The quantitative estimate of drug-likeness (QED) is 0.443. The van der Waals surface area contributed by atoms with Crippen molar-refractivity contribution in [2.75, 3.05) is 11.9 Å². The number of carbonyl (C=O) groups is 3. The van der Waals surface area contributed by atoms with Crippen molar-refractivity contribution in [3.63, 3.8) is 0 Å². The molecule has 12 heteroatoms. The minimum Gasteiger partial charge on any atom is -0.490 e. The minimum atomic E-state index is -4.80. The van der Waals surface area contributed by atoms with Gasteiger partial charge >= 0.3 is 18.4 Å². The minimum absolute atomic E-state index is 0.0464. The van der Waals surface area contributed by atoms with E-state index in [4.69, 9.17) is 4.74 Å². The molecule has 1 heterocycles. The monoisotopic (exact) mass is 549 g/mol. The van der Waals surface area contributed by atoms with E-state index in [2.05, 4.69) is 15.4 Å². The van der Waals surface area contributed by atoms with Crippen LogP contribution in [0.15, 0.2) is 42.5 Å². The van der Waals surface area contributed by atoms with Crippen LogP contribution in [0.4, 0.5) is 23.7 Å². The molecule has 0 spiro atoms. The van der Waals surface area contributed by atoms with E-state index in [-0.39, 0.29) is 29.3 Å². The molecule has 2 aromatic rings. The number of aryl methyl sites for hydroxylation is 1. The van der Waals surface area contributed by atoms with Gasteiger partial charge in [0.05, 0.1) is 11.7 Å². The fraction of sp³-hybridized carbons (Fsp3) is 0.444. The summed E-state index contributed by atoms with van der Waals surface area (Å²) in [6.45, 7) is 2.11. The molecule has 210 valence electrons. The number of nitrogens with zero attached hydrogens (tertiary/aromatic N) is 1. The molecule has 0 unspecified atom stereocenters. The number of carboxylic acid groups (broad SMARTS) is 1. The molecule has 1 atom stereocenters. The van der Waals surface area contributed by atoms with Crippen molar-refractivity contribution in [3.05, 3.63) is 53.6 Å². The highest BCUT2D eigenvalue weighted by molar-refractivity contribution is 5.94. The zero-order valence-electron chi connectivity index (χ0n) is 21.3. The molecule has 1 aliphatic carbocycles. The molecule has 3 amide bonds. The Labute approximate surface area is 223 Å². The van der Waals surface area contributed by atoms with Crippen LogP contribution in [0.25, 0.3) is 0 Å². The van der Waals surface area contributed by atoms with Crippen LogP contribution in [-0.2, 0) is 4.79 Å². The van der Waals surface area contributed by atoms with Crippen LogP contribution in [0, 0.1) is 6.92 Å². The normalized spacial score (nSPS) is 21.2. The van der Waals surface area contributed by atoms with E-state index in [0.717, 1.165) is 12.1 Å². The maximum atomic E-state index is 13.0. The van der Waals surface area contributed by atoms with Gasteiger partial charge in [-0.1, -0.05) is 0 Å². The molecular formula is C27H30F3N3O6. The predicted octanol–water partition coefficient (Wildman–Crippen LogP) is 5.09. The molecule has 1 saturated carbocycles. The zero-order chi connectivity index (χ0) is 28.2. The molecule has 0 bridgehead atoms. The van der Waals surface area contributed by atoms with Gasteiger partial charge in [-0.2, -0.15) is 0 Å². The maximum absolute atomic E-state index is 13.0.